The number of benzene rings is 2. The average molecular weight is 311 g/mol. The van der Waals surface area contributed by atoms with Crippen molar-refractivity contribution in [1.82, 2.24) is 0 Å². The highest BCUT2D eigenvalue weighted by Gasteiger charge is 2.15. The minimum absolute atomic E-state index is 0.352. The van der Waals surface area contributed by atoms with Crippen LogP contribution in [0.4, 0.5) is 0 Å². The molecule has 2 aromatic carbocycles. The van der Waals surface area contributed by atoms with Gasteiger partial charge in [0.05, 0.1) is 6.61 Å². The predicted octanol–water partition coefficient (Wildman–Crippen LogP) is 4.69. The molecule has 0 aliphatic heterocycles. The zero-order chi connectivity index (χ0) is 16.8. The molecule has 2 aromatic rings. The molecule has 1 unspecified atom stereocenters. The van der Waals surface area contributed by atoms with Gasteiger partial charge in [0, 0.05) is 0 Å². The summed E-state index contributed by atoms with van der Waals surface area (Å²) in [5.74, 6) is 1.31. The number of rotatable bonds is 7. The van der Waals surface area contributed by atoms with Gasteiger partial charge in [-0.1, -0.05) is 36.8 Å². The lowest BCUT2D eigenvalue weighted by Gasteiger charge is -2.21. The molecule has 0 saturated heterocycles. The van der Waals surface area contributed by atoms with E-state index in [4.69, 9.17) is 10.5 Å². The van der Waals surface area contributed by atoms with E-state index in [2.05, 4.69) is 58.0 Å². The Kier molecular flexibility index (Phi) is 6.23. The van der Waals surface area contributed by atoms with Gasteiger partial charge in [-0.15, -0.1) is 0 Å². The van der Waals surface area contributed by atoms with E-state index in [9.17, 15) is 0 Å². The van der Waals surface area contributed by atoms with Gasteiger partial charge in [0.15, 0.2) is 0 Å². The van der Waals surface area contributed by atoms with E-state index in [1.165, 1.54) is 27.8 Å². The molecule has 0 fully saturated rings. The topological polar surface area (TPSA) is 35.2 Å². The van der Waals surface area contributed by atoms with Gasteiger partial charge in [-0.2, -0.15) is 0 Å². The SMILES string of the molecule is CCc1cccc(OCCC(CN)c2c(C)cc(C)cc2C)c1. The molecule has 0 aliphatic carbocycles. The minimum Gasteiger partial charge on any atom is -0.494 e. The van der Waals surface area contributed by atoms with Gasteiger partial charge in [0.25, 0.3) is 0 Å². The lowest BCUT2D eigenvalue weighted by atomic mass is 9.87. The molecule has 2 rings (SSSR count). The smallest absolute Gasteiger partial charge is 0.119 e. The van der Waals surface area contributed by atoms with Gasteiger partial charge in [0.1, 0.15) is 5.75 Å². The Labute approximate surface area is 140 Å². The molecule has 0 saturated carbocycles. The Hall–Kier alpha value is -1.80. The van der Waals surface area contributed by atoms with Crippen LogP contribution in [0.2, 0.25) is 0 Å². The summed E-state index contributed by atoms with van der Waals surface area (Å²) in [5.41, 5.74) is 12.7. The molecule has 23 heavy (non-hydrogen) atoms. The standard InChI is InChI=1S/C21H29NO/c1-5-18-7-6-8-20(13-18)23-10-9-19(14-22)21-16(3)11-15(2)12-17(21)4/h6-8,11-13,19H,5,9-10,14,22H2,1-4H3. The lowest BCUT2D eigenvalue weighted by Crippen LogP contribution is -2.18. The third kappa shape index (κ3) is 4.59. The van der Waals surface area contributed by atoms with Crippen molar-refractivity contribution in [1.29, 1.82) is 0 Å². The van der Waals surface area contributed by atoms with Crippen LogP contribution in [0.5, 0.6) is 5.75 Å². The molecular formula is C21H29NO. The van der Waals surface area contributed by atoms with E-state index in [1.54, 1.807) is 0 Å². The lowest BCUT2D eigenvalue weighted by molar-refractivity contribution is 0.298. The molecular weight excluding hydrogens is 282 g/mol. The fourth-order valence-electron chi connectivity index (χ4n) is 3.39. The highest BCUT2D eigenvalue weighted by atomic mass is 16.5. The van der Waals surface area contributed by atoms with Crippen molar-refractivity contribution in [3.63, 3.8) is 0 Å². The molecule has 2 heteroatoms. The van der Waals surface area contributed by atoms with Crippen LogP contribution in [0.25, 0.3) is 0 Å². The van der Waals surface area contributed by atoms with Crippen LogP contribution in [-0.4, -0.2) is 13.2 Å². The van der Waals surface area contributed by atoms with Crippen molar-refractivity contribution in [2.75, 3.05) is 13.2 Å². The summed E-state index contributed by atoms with van der Waals surface area (Å²) in [7, 11) is 0. The molecule has 1 atom stereocenters. The van der Waals surface area contributed by atoms with E-state index in [-0.39, 0.29) is 0 Å². The third-order valence-electron chi connectivity index (χ3n) is 4.47. The molecule has 0 bridgehead atoms. The summed E-state index contributed by atoms with van der Waals surface area (Å²) in [6, 6.07) is 12.8. The van der Waals surface area contributed by atoms with Gasteiger partial charge < -0.3 is 10.5 Å². The van der Waals surface area contributed by atoms with Crippen molar-refractivity contribution >= 4 is 0 Å². The predicted molar refractivity (Wildman–Crippen MR) is 98.4 cm³/mol. The van der Waals surface area contributed by atoms with Gasteiger partial charge in [0.2, 0.25) is 0 Å². The average Bonchev–Trinajstić information content (AvgIpc) is 2.52. The summed E-state index contributed by atoms with van der Waals surface area (Å²) in [6.45, 7) is 10.0. The zero-order valence-corrected chi connectivity index (χ0v) is 14.9. The Bertz CT molecular complexity index is 625. The normalized spacial score (nSPS) is 12.2. The van der Waals surface area contributed by atoms with E-state index in [0.717, 1.165) is 18.6 Å². The van der Waals surface area contributed by atoms with Crippen LogP contribution >= 0.6 is 0 Å². The van der Waals surface area contributed by atoms with Crippen LogP contribution in [-0.2, 0) is 6.42 Å². The van der Waals surface area contributed by atoms with Crippen molar-refractivity contribution in [2.45, 2.75) is 46.5 Å². The highest BCUT2D eigenvalue weighted by Crippen LogP contribution is 2.27. The molecule has 0 aliphatic rings. The quantitative estimate of drug-likeness (QED) is 0.805. The zero-order valence-electron chi connectivity index (χ0n) is 14.9. The maximum Gasteiger partial charge on any atom is 0.119 e. The first kappa shape index (κ1) is 17.6. The van der Waals surface area contributed by atoms with E-state index < -0.39 is 0 Å². The number of hydrogen-bond acceptors (Lipinski definition) is 2. The molecule has 0 amide bonds. The molecule has 0 radical (unpaired) electrons. The minimum atomic E-state index is 0.352. The van der Waals surface area contributed by atoms with Gasteiger partial charge in [-0.25, -0.2) is 0 Å². The first-order valence-corrected chi connectivity index (χ1v) is 8.54. The number of hydrogen-bond donors (Lipinski definition) is 1. The van der Waals surface area contributed by atoms with Crippen LogP contribution in [0.15, 0.2) is 36.4 Å². The van der Waals surface area contributed by atoms with Crippen LogP contribution in [0, 0.1) is 20.8 Å². The van der Waals surface area contributed by atoms with Gasteiger partial charge in [-0.3, -0.25) is 0 Å². The maximum atomic E-state index is 6.05. The molecule has 0 heterocycles. The number of nitrogens with two attached hydrogens (primary N) is 1. The van der Waals surface area contributed by atoms with Crippen LogP contribution in [0.1, 0.15) is 47.1 Å². The molecule has 124 valence electrons. The summed E-state index contributed by atoms with van der Waals surface area (Å²) in [4.78, 5) is 0. The van der Waals surface area contributed by atoms with Crippen molar-refractivity contribution in [3.05, 3.63) is 64.2 Å². The second-order valence-corrected chi connectivity index (χ2v) is 6.38. The van der Waals surface area contributed by atoms with E-state index in [0.29, 0.717) is 19.1 Å². The summed E-state index contributed by atoms with van der Waals surface area (Å²) < 4.78 is 5.95. The van der Waals surface area contributed by atoms with Crippen molar-refractivity contribution < 1.29 is 4.74 Å². The first-order chi connectivity index (χ1) is 11.0. The monoisotopic (exact) mass is 311 g/mol. The van der Waals surface area contributed by atoms with E-state index in [1.807, 2.05) is 6.07 Å². The summed E-state index contributed by atoms with van der Waals surface area (Å²) in [5, 5.41) is 0. The molecule has 2 nitrogen and oxygen atoms in total. The number of aryl methyl sites for hydroxylation is 4. The third-order valence-corrected chi connectivity index (χ3v) is 4.47. The largest absolute Gasteiger partial charge is 0.494 e. The fraction of sp³-hybridized carbons (Fsp3) is 0.429. The van der Waals surface area contributed by atoms with Crippen molar-refractivity contribution in [3.8, 4) is 5.75 Å². The van der Waals surface area contributed by atoms with Crippen LogP contribution < -0.4 is 10.5 Å². The Morgan fingerprint density at radius 3 is 2.35 bits per heavy atom. The fourth-order valence-corrected chi connectivity index (χ4v) is 3.39. The summed E-state index contributed by atoms with van der Waals surface area (Å²) >= 11 is 0. The Balaban J connectivity index is 2.03. The summed E-state index contributed by atoms with van der Waals surface area (Å²) in [6.07, 6.45) is 1.97. The Morgan fingerprint density at radius 2 is 1.74 bits per heavy atom. The molecule has 2 N–H and O–H groups in total. The second kappa shape index (κ2) is 8.16. The number of ether oxygens (including phenoxy) is 1. The van der Waals surface area contributed by atoms with E-state index >= 15 is 0 Å². The van der Waals surface area contributed by atoms with Gasteiger partial charge >= 0.3 is 0 Å². The van der Waals surface area contributed by atoms with Crippen LogP contribution in [0.3, 0.4) is 0 Å². The maximum absolute atomic E-state index is 6.05. The second-order valence-electron chi connectivity index (χ2n) is 6.38. The van der Waals surface area contributed by atoms with Crippen molar-refractivity contribution in [2.24, 2.45) is 5.73 Å². The molecule has 0 aromatic heterocycles. The highest BCUT2D eigenvalue weighted by molar-refractivity contribution is 5.40. The van der Waals surface area contributed by atoms with Gasteiger partial charge in [-0.05, 0) is 80.5 Å². The Morgan fingerprint density at radius 1 is 1.04 bits per heavy atom. The molecule has 0 spiro atoms. The first-order valence-electron chi connectivity index (χ1n) is 8.54.